The Bertz CT molecular complexity index is 806. The monoisotopic (exact) mass is 362 g/mol. The highest BCUT2D eigenvalue weighted by molar-refractivity contribution is 6.31. The number of halogens is 1. The van der Waals surface area contributed by atoms with Crippen molar-refractivity contribution in [1.29, 1.82) is 0 Å². The van der Waals surface area contributed by atoms with Gasteiger partial charge in [0.25, 0.3) is 0 Å². The van der Waals surface area contributed by atoms with E-state index >= 15 is 0 Å². The Morgan fingerprint density at radius 1 is 1.08 bits per heavy atom. The molecule has 25 heavy (non-hydrogen) atoms. The predicted octanol–water partition coefficient (Wildman–Crippen LogP) is 4.12. The summed E-state index contributed by atoms with van der Waals surface area (Å²) in [7, 11) is 4.68. The fourth-order valence-electron chi connectivity index (χ4n) is 3.22. The second-order valence-corrected chi connectivity index (χ2v) is 6.18. The molecular weight excluding hydrogens is 344 g/mol. The average Bonchev–Trinajstić information content (AvgIpc) is 2.62. The van der Waals surface area contributed by atoms with Gasteiger partial charge in [0.2, 0.25) is 5.75 Å². The van der Waals surface area contributed by atoms with Gasteiger partial charge in [-0.15, -0.1) is 0 Å². The number of carbonyl (C=O) groups excluding carboxylic acids is 1. The van der Waals surface area contributed by atoms with Gasteiger partial charge in [-0.1, -0.05) is 11.6 Å². The van der Waals surface area contributed by atoms with Crippen LogP contribution in [0.25, 0.3) is 0 Å². The smallest absolute Gasteiger partial charge is 0.312 e. The maximum atomic E-state index is 12.1. The number of ether oxygens (including phenoxy) is 4. The highest BCUT2D eigenvalue weighted by Gasteiger charge is 2.32. The molecule has 0 spiro atoms. The maximum Gasteiger partial charge on any atom is 0.312 e. The molecule has 0 radical (unpaired) electrons. The van der Waals surface area contributed by atoms with Crippen molar-refractivity contribution in [3.8, 4) is 23.0 Å². The summed E-state index contributed by atoms with van der Waals surface area (Å²) in [5.41, 5.74) is 2.67. The Labute approximate surface area is 151 Å². The zero-order valence-corrected chi connectivity index (χ0v) is 15.3. The molecule has 1 atom stereocenters. The second-order valence-electron chi connectivity index (χ2n) is 5.77. The fourth-order valence-corrected chi connectivity index (χ4v) is 3.38. The van der Waals surface area contributed by atoms with Crippen LogP contribution in [-0.2, 0) is 4.79 Å². The average molecular weight is 363 g/mol. The minimum Gasteiger partial charge on any atom is -0.493 e. The largest absolute Gasteiger partial charge is 0.493 e. The first-order chi connectivity index (χ1) is 12.0. The highest BCUT2D eigenvalue weighted by Crippen LogP contribution is 2.47. The molecule has 0 aliphatic carbocycles. The third-order valence-electron chi connectivity index (χ3n) is 4.44. The first kappa shape index (κ1) is 17.4. The fraction of sp³-hybridized carbons (Fsp3) is 0.316. The van der Waals surface area contributed by atoms with Crippen molar-refractivity contribution in [3.63, 3.8) is 0 Å². The summed E-state index contributed by atoms with van der Waals surface area (Å²) in [6.45, 7) is 1.92. The Balaban J connectivity index is 2.21. The van der Waals surface area contributed by atoms with Crippen LogP contribution in [0.1, 0.15) is 29.0 Å². The van der Waals surface area contributed by atoms with Crippen molar-refractivity contribution in [2.75, 3.05) is 21.3 Å². The van der Waals surface area contributed by atoms with E-state index in [-0.39, 0.29) is 18.3 Å². The van der Waals surface area contributed by atoms with Crippen LogP contribution in [0.3, 0.4) is 0 Å². The Kier molecular flexibility index (Phi) is 4.77. The van der Waals surface area contributed by atoms with Crippen molar-refractivity contribution >= 4 is 17.6 Å². The number of hydrogen-bond acceptors (Lipinski definition) is 5. The number of hydrogen-bond donors (Lipinski definition) is 0. The summed E-state index contributed by atoms with van der Waals surface area (Å²) in [4.78, 5) is 12.1. The first-order valence-electron chi connectivity index (χ1n) is 7.79. The summed E-state index contributed by atoms with van der Waals surface area (Å²) < 4.78 is 21.6. The highest BCUT2D eigenvalue weighted by atomic mass is 35.5. The Morgan fingerprint density at radius 2 is 1.72 bits per heavy atom. The van der Waals surface area contributed by atoms with Crippen molar-refractivity contribution in [2.24, 2.45) is 0 Å². The lowest BCUT2D eigenvalue weighted by Gasteiger charge is -2.28. The van der Waals surface area contributed by atoms with Crippen molar-refractivity contribution in [1.82, 2.24) is 0 Å². The van der Waals surface area contributed by atoms with Crippen LogP contribution in [0, 0.1) is 6.92 Å². The van der Waals surface area contributed by atoms with E-state index in [1.54, 1.807) is 33.5 Å². The zero-order valence-electron chi connectivity index (χ0n) is 14.5. The van der Waals surface area contributed by atoms with E-state index in [9.17, 15) is 4.79 Å². The Hall–Kier alpha value is -2.40. The molecule has 5 nitrogen and oxygen atoms in total. The molecule has 2 aromatic carbocycles. The van der Waals surface area contributed by atoms with E-state index in [4.69, 9.17) is 30.5 Å². The molecule has 1 aliphatic rings. The minimum atomic E-state index is -0.284. The van der Waals surface area contributed by atoms with Gasteiger partial charge in [-0.2, -0.15) is 0 Å². The summed E-state index contributed by atoms with van der Waals surface area (Å²) in [6.07, 6.45) is 0.215. The molecule has 0 saturated carbocycles. The van der Waals surface area contributed by atoms with Gasteiger partial charge in [-0.05, 0) is 42.3 Å². The molecule has 1 heterocycles. The summed E-state index contributed by atoms with van der Waals surface area (Å²) in [6, 6.07) is 7.18. The van der Waals surface area contributed by atoms with E-state index in [1.165, 1.54) is 0 Å². The van der Waals surface area contributed by atoms with E-state index in [0.29, 0.717) is 28.0 Å². The number of carbonyl (C=O) groups is 1. The molecule has 132 valence electrons. The molecule has 1 aliphatic heterocycles. The van der Waals surface area contributed by atoms with Crippen LogP contribution in [0.2, 0.25) is 5.02 Å². The van der Waals surface area contributed by atoms with Crippen molar-refractivity contribution < 1.29 is 23.7 Å². The predicted molar refractivity (Wildman–Crippen MR) is 94.4 cm³/mol. The number of methoxy groups -OCH3 is 3. The SMILES string of the molecule is COc1cc([C@@H]2CC(=O)Oc3ccc(Cl)c(C)c32)cc(OC)c1OC. The van der Waals surface area contributed by atoms with Crippen molar-refractivity contribution in [3.05, 3.63) is 46.0 Å². The molecule has 0 saturated heterocycles. The lowest BCUT2D eigenvalue weighted by molar-refractivity contribution is -0.135. The molecule has 0 unspecified atom stereocenters. The van der Waals surface area contributed by atoms with Gasteiger partial charge < -0.3 is 18.9 Å². The van der Waals surface area contributed by atoms with Gasteiger partial charge in [-0.25, -0.2) is 0 Å². The van der Waals surface area contributed by atoms with Gasteiger partial charge >= 0.3 is 5.97 Å². The third kappa shape index (κ3) is 3.00. The van der Waals surface area contributed by atoms with E-state index in [1.807, 2.05) is 19.1 Å². The number of benzene rings is 2. The van der Waals surface area contributed by atoms with Crippen LogP contribution in [0.15, 0.2) is 24.3 Å². The number of esters is 1. The van der Waals surface area contributed by atoms with Gasteiger partial charge in [0.15, 0.2) is 11.5 Å². The van der Waals surface area contributed by atoms with Gasteiger partial charge in [0.1, 0.15) is 5.75 Å². The first-order valence-corrected chi connectivity index (χ1v) is 8.17. The van der Waals surface area contributed by atoms with Crippen LogP contribution in [0.4, 0.5) is 0 Å². The Morgan fingerprint density at radius 3 is 2.28 bits per heavy atom. The molecule has 0 amide bonds. The normalized spacial score (nSPS) is 16.0. The minimum absolute atomic E-state index is 0.205. The molecule has 6 heteroatoms. The molecular formula is C19H19ClO5. The van der Waals surface area contributed by atoms with E-state index in [2.05, 4.69) is 0 Å². The topological polar surface area (TPSA) is 54.0 Å². The van der Waals surface area contributed by atoms with Crippen molar-refractivity contribution in [2.45, 2.75) is 19.3 Å². The van der Waals surface area contributed by atoms with E-state index in [0.717, 1.165) is 16.7 Å². The molecule has 2 aromatic rings. The summed E-state index contributed by atoms with van der Waals surface area (Å²) in [5, 5.41) is 0.633. The molecule has 0 fully saturated rings. The van der Waals surface area contributed by atoms with Gasteiger partial charge in [-0.3, -0.25) is 4.79 Å². The number of rotatable bonds is 4. The van der Waals surface area contributed by atoms with Gasteiger partial charge in [0, 0.05) is 16.5 Å². The lowest BCUT2D eigenvalue weighted by atomic mass is 9.83. The quantitative estimate of drug-likeness (QED) is 0.605. The zero-order chi connectivity index (χ0) is 18.1. The molecule has 0 N–H and O–H groups in total. The standard InChI is InChI=1S/C19H19ClO5/c1-10-13(20)5-6-14-18(10)12(9-17(21)25-14)11-7-15(22-2)19(24-4)16(8-11)23-3/h5-8,12H,9H2,1-4H3/t12-/m0/s1. The summed E-state index contributed by atoms with van der Waals surface area (Å²) in [5.74, 6) is 1.64. The van der Waals surface area contributed by atoms with Crippen LogP contribution in [0.5, 0.6) is 23.0 Å². The third-order valence-corrected chi connectivity index (χ3v) is 4.85. The van der Waals surface area contributed by atoms with Crippen LogP contribution >= 0.6 is 11.6 Å². The van der Waals surface area contributed by atoms with Gasteiger partial charge in [0.05, 0.1) is 27.8 Å². The van der Waals surface area contributed by atoms with E-state index < -0.39 is 0 Å². The van der Waals surface area contributed by atoms with Crippen LogP contribution in [-0.4, -0.2) is 27.3 Å². The maximum absolute atomic E-state index is 12.1. The molecule has 0 bridgehead atoms. The van der Waals surface area contributed by atoms with Crippen LogP contribution < -0.4 is 18.9 Å². The second kappa shape index (κ2) is 6.84. The summed E-state index contributed by atoms with van der Waals surface area (Å²) >= 11 is 6.29. The number of fused-ring (bicyclic) bond motifs is 1. The molecule has 3 rings (SSSR count). The molecule has 0 aromatic heterocycles. The lowest BCUT2D eigenvalue weighted by Crippen LogP contribution is -2.22.